The third kappa shape index (κ3) is 41.6. The maximum atomic E-state index is 12.6. The van der Waals surface area contributed by atoms with Crippen LogP contribution < -0.4 is 0 Å². The molecule has 0 saturated carbocycles. The molecule has 6 nitrogen and oxygen atoms in total. The molecule has 0 aliphatic carbocycles. The van der Waals surface area contributed by atoms with Crippen molar-refractivity contribution in [1.82, 2.24) is 0 Å². The third-order valence-electron chi connectivity index (χ3n) is 10.9. The van der Waals surface area contributed by atoms with Crippen molar-refractivity contribution in [3.8, 4) is 0 Å². The number of unbranched alkanes of at least 4 members (excludes halogenated alkanes) is 33. The van der Waals surface area contributed by atoms with Gasteiger partial charge < -0.3 is 14.2 Å². The molecule has 0 N–H and O–H groups in total. The molecule has 0 spiro atoms. The number of esters is 3. The molecule has 0 aromatic rings. The van der Waals surface area contributed by atoms with E-state index in [0.717, 1.165) is 57.8 Å². The van der Waals surface area contributed by atoms with E-state index < -0.39 is 6.10 Å². The standard InChI is InChI=1S/C48H92O6/c1-4-7-10-13-16-18-20-21-22-23-24-25-26-27-28-30-33-35-38-41-47(50)53-44-45(54-48(51)42-39-36-31-15-12-9-6-3)43-52-46(49)40-37-34-32-29-19-17-14-11-8-5-2/h45H,4-44H2,1-3H3/t45-/m1/s1. The summed E-state index contributed by atoms with van der Waals surface area (Å²) in [5.41, 5.74) is 0. The summed E-state index contributed by atoms with van der Waals surface area (Å²) in [6.45, 7) is 6.61. The molecule has 0 rings (SSSR count). The first-order valence-electron chi connectivity index (χ1n) is 24.0. The Hall–Kier alpha value is -1.59. The molecule has 0 saturated heterocycles. The van der Waals surface area contributed by atoms with Crippen molar-refractivity contribution >= 4 is 17.9 Å². The van der Waals surface area contributed by atoms with E-state index in [2.05, 4.69) is 20.8 Å². The van der Waals surface area contributed by atoms with Gasteiger partial charge in [0, 0.05) is 19.3 Å². The molecule has 0 aromatic heterocycles. The van der Waals surface area contributed by atoms with Crippen LogP contribution in [0.5, 0.6) is 0 Å². The van der Waals surface area contributed by atoms with E-state index >= 15 is 0 Å². The quantitative estimate of drug-likeness (QED) is 0.0349. The number of hydrogen-bond acceptors (Lipinski definition) is 6. The first kappa shape index (κ1) is 52.4. The predicted molar refractivity (Wildman–Crippen MR) is 229 cm³/mol. The second kappa shape index (κ2) is 44.1. The fraction of sp³-hybridized carbons (Fsp3) is 0.938. The maximum Gasteiger partial charge on any atom is 0.306 e. The van der Waals surface area contributed by atoms with Crippen LogP contribution in [0, 0.1) is 0 Å². The smallest absolute Gasteiger partial charge is 0.306 e. The van der Waals surface area contributed by atoms with Crippen LogP contribution in [0.3, 0.4) is 0 Å². The molecule has 6 heteroatoms. The van der Waals surface area contributed by atoms with Crippen LogP contribution in [0.2, 0.25) is 0 Å². The molecule has 1 atom stereocenters. The highest BCUT2D eigenvalue weighted by Crippen LogP contribution is 2.16. The Morgan fingerprint density at radius 3 is 0.741 bits per heavy atom. The second-order valence-electron chi connectivity index (χ2n) is 16.4. The summed E-state index contributed by atoms with van der Waals surface area (Å²) in [6.07, 6.45) is 45.3. The largest absolute Gasteiger partial charge is 0.462 e. The monoisotopic (exact) mass is 765 g/mol. The lowest BCUT2D eigenvalue weighted by atomic mass is 10.0. The summed E-state index contributed by atoms with van der Waals surface area (Å²) in [7, 11) is 0. The Morgan fingerprint density at radius 2 is 0.500 bits per heavy atom. The summed E-state index contributed by atoms with van der Waals surface area (Å²) >= 11 is 0. The van der Waals surface area contributed by atoms with E-state index in [1.165, 1.54) is 173 Å². The van der Waals surface area contributed by atoms with Crippen molar-refractivity contribution in [2.24, 2.45) is 0 Å². The van der Waals surface area contributed by atoms with Crippen LogP contribution in [0.25, 0.3) is 0 Å². The molecule has 0 radical (unpaired) electrons. The van der Waals surface area contributed by atoms with E-state index in [9.17, 15) is 14.4 Å². The van der Waals surface area contributed by atoms with Crippen LogP contribution in [-0.2, 0) is 28.6 Å². The fourth-order valence-corrected chi connectivity index (χ4v) is 7.21. The molecule has 0 aliphatic heterocycles. The van der Waals surface area contributed by atoms with E-state index in [0.29, 0.717) is 19.3 Å². The Labute approximate surface area is 336 Å². The average molecular weight is 765 g/mol. The lowest BCUT2D eigenvalue weighted by Crippen LogP contribution is -2.30. The van der Waals surface area contributed by atoms with Crippen molar-refractivity contribution < 1.29 is 28.6 Å². The highest BCUT2D eigenvalue weighted by Gasteiger charge is 2.19. The second-order valence-corrected chi connectivity index (χ2v) is 16.4. The summed E-state index contributed by atoms with van der Waals surface area (Å²) in [5.74, 6) is -0.857. The Balaban J connectivity index is 4.12. The Kier molecular flexibility index (Phi) is 42.8. The van der Waals surface area contributed by atoms with Gasteiger partial charge in [0.2, 0.25) is 0 Å². The van der Waals surface area contributed by atoms with Crippen molar-refractivity contribution in [2.75, 3.05) is 13.2 Å². The fourth-order valence-electron chi connectivity index (χ4n) is 7.21. The number of ether oxygens (including phenoxy) is 3. The van der Waals surface area contributed by atoms with Crippen molar-refractivity contribution in [3.63, 3.8) is 0 Å². The Bertz CT molecular complexity index is 798. The molecule has 0 amide bonds. The molecule has 0 aromatic carbocycles. The van der Waals surface area contributed by atoms with Gasteiger partial charge in [-0.1, -0.05) is 233 Å². The summed E-state index contributed by atoms with van der Waals surface area (Å²) in [4.78, 5) is 37.6. The summed E-state index contributed by atoms with van der Waals surface area (Å²) < 4.78 is 16.7. The van der Waals surface area contributed by atoms with E-state index in [-0.39, 0.29) is 31.1 Å². The van der Waals surface area contributed by atoms with Gasteiger partial charge in [0.1, 0.15) is 13.2 Å². The number of carbonyl (C=O) groups excluding carboxylic acids is 3. The van der Waals surface area contributed by atoms with Crippen molar-refractivity contribution in [1.29, 1.82) is 0 Å². The zero-order chi connectivity index (χ0) is 39.4. The first-order chi connectivity index (χ1) is 26.5. The number of hydrogen-bond donors (Lipinski definition) is 0. The molecule has 0 unspecified atom stereocenters. The molecule has 54 heavy (non-hydrogen) atoms. The average Bonchev–Trinajstić information content (AvgIpc) is 3.17. The molecule has 320 valence electrons. The minimum Gasteiger partial charge on any atom is -0.462 e. The summed E-state index contributed by atoms with van der Waals surface area (Å²) in [6, 6.07) is 0. The minimum atomic E-state index is -0.757. The van der Waals surface area contributed by atoms with Gasteiger partial charge in [-0.05, 0) is 19.3 Å². The van der Waals surface area contributed by atoms with Crippen molar-refractivity contribution in [2.45, 2.75) is 277 Å². The van der Waals surface area contributed by atoms with Gasteiger partial charge >= 0.3 is 17.9 Å². The van der Waals surface area contributed by atoms with E-state index in [1.807, 2.05) is 0 Å². The van der Waals surface area contributed by atoms with Crippen LogP contribution in [0.4, 0.5) is 0 Å². The van der Waals surface area contributed by atoms with Gasteiger partial charge in [-0.25, -0.2) is 0 Å². The van der Waals surface area contributed by atoms with Crippen molar-refractivity contribution in [3.05, 3.63) is 0 Å². The van der Waals surface area contributed by atoms with Gasteiger partial charge in [-0.15, -0.1) is 0 Å². The molecular weight excluding hydrogens is 673 g/mol. The zero-order valence-electron chi connectivity index (χ0n) is 36.5. The lowest BCUT2D eigenvalue weighted by molar-refractivity contribution is -0.167. The van der Waals surface area contributed by atoms with E-state index in [4.69, 9.17) is 14.2 Å². The molecule has 0 fully saturated rings. The number of rotatable bonds is 44. The van der Waals surface area contributed by atoms with Gasteiger partial charge in [0.05, 0.1) is 0 Å². The highest BCUT2D eigenvalue weighted by molar-refractivity contribution is 5.71. The predicted octanol–water partition coefficient (Wildman–Crippen LogP) is 15.3. The SMILES string of the molecule is CCCCCCCCCCCCCCCCCCCCCC(=O)OC[C@@H](COC(=O)CCCCCCCCCCCC)OC(=O)CCCCCCCCC. The lowest BCUT2D eigenvalue weighted by Gasteiger charge is -2.18. The molecular formula is C48H92O6. The third-order valence-corrected chi connectivity index (χ3v) is 10.9. The van der Waals surface area contributed by atoms with Crippen LogP contribution in [-0.4, -0.2) is 37.2 Å². The van der Waals surface area contributed by atoms with Gasteiger partial charge in [0.25, 0.3) is 0 Å². The van der Waals surface area contributed by atoms with Gasteiger partial charge in [-0.3, -0.25) is 14.4 Å². The highest BCUT2D eigenvalue weighted by atomic mass is 16.6. The zero-order valence-corrected chi connectivity index (χ0v) is 36.5. The number of carbonyl (C=O) groups is 3. The van der Waals surface area contributed by atoms with Crippen LogP contribution in [0.15, 0.2) is 0 Å². The van der Waals surface area contributed by atoms with Gasteiger partial charge in [0.15, 0.2) is 6.10 Å². The van der Waals surface area contributed by atoms with E-state index in [1.54, 1.807) is 0 Å². The Morgan fingerprint density at radius 1 is 0.296 bits per heavy atom. The van der Waals surface area contributed by atoms with Crippen LogP contribution in [0.1, 0.15) is 271 Å². The molecule has 0 heterocycles. The molecule has 0 aliphatic rings. The maximum absolute atomic E-state index is 12.6. The normalized spacial score (nSPS) is 11.8. The topological polar surface area (TPSA) is 78.9 Å². The summed E-state index contributed by atoms with van der Waals surface area (Å²) in [5, 5.41) is 0. The molecule has 0 bridgehead atoms. The van der Waals surface area contributed by atoms with Gasteiger partial charge in [-0.2, -0.15) is 0 Å². The van der Waals surface area contributed by atoms with Crippen LogP contribution >= 0.6 is 0 Å². The minimum absolute atomic E-state index is 0.0632. The first-order valence-corrected chi connectivity index (χ1v) is 24.0.